The van der Waals surface area contributed by atoms with Gasteiger partial charge in [0.25, 0.3) is 0 Å². The summed E-state index contributed by atoms with van der Waals surface area (Å²) in [5.74, 6) is -0.967. The molecule has 12 heteroatoms. The van der Waals surface area contributed by atoms with Crippen molar-refractivity contribution in [1.82, 2.24) is 10.4 Å². The summed E-state index contributed by atoms with van der Waals surface area (Å²) in [7, 11) is -3.94. The maximum Gasteiger partial charge on any atom is 0.409 e. The smallest absolute Gasteiger partial charge is 0.409 e. The zero-order valence-electron chi connectivity index (χ0n) is 26.7. The number of sulfone groups is 1. The van der Waals surface area contributed by atoms with E-state index in [9.17, 15) is 18.0 Å². The van der Waals surface area contributed by atoms with Crippen LogP contribution in [0.5, 0.6) is 0 Å². The molecule has 2 aromatic heterocycles. The second-order valence-corrected chi connectivity index (χ2v) is 17.0. The number of amides is 2. The van der Waals surface area contributed by atoms with Gasteiger partial charge in [0.15, 0.2) is 16.1 Å². The normalized spacial score (nSPS) is 22.0. The molecule has 1 N–H and O–H groups in total. The minimum Gasteiger partial charge on any atom is -0.448 e. The van der Waals surface area contributed by atoms with Crippen LogP contribution in [-0.2, 0) is 33.7 Å². The van der Waals surface area contributed by atoms with Gasteiger partial charge in [-0.3, -0.25) is 4.79 Å². The molecule has 7 rings (SSSR count). The average molecular weight is 707 g/mol. The summed E-state index contributed by atoms with van der Waals surface area (Å²) in [6, 6.07) is 22.0. The Hall–Kier alpha value is -3.55. The Labute approximate surface area is 288 Å². The molecule has 2 unspecified atom stereocenters. The van der Waals surface area contributed by atoms with Gasteiger partial charge in [0.2, 0.25) is 5.91 Å². The zero-order valence-corrected chi connectivity index (χ0v) is 29.1. The average Bonchev–Trinajstić information content (AvgIpc) is 3.82. The molecule has 0 radical (unpaired) electrons. The standard InChI is InChI=1S/C36H38N2O7S3/c1-24-20-31(46-23-24)30-13-14-32(47-30)36(21-33(39)37-45-34-12-6-7-18-43-34)15-16-38(17-19-48(36,41)42)35(40)44-22-29-27-10-4-2-8-25(27)26-9-3-5-11-28(26)29/h2-5,8-11,13-14,20,23,29,34H,6-7,12,15-19,21-22H2,1H3,(H,37,39). The first-order valence-electron chi connectivity index (χ1n) is 16.3. The summed E-state index contributed by atoms with van der Waals surface area (Å²) in [5.41, 5.74) is 8.06. The Kier molecular flexibility index (Phi) is 9.45. The number of fused-ring (bicyclic) bond motifs is 3. The monoisotopic (exact) mass is 706 g/mol. The number of aryl methyl sites for hydroxylation is 1. The summed E-state index contributed by atoms with van der Waals surface area (Å²) < 4.78 is 38.5. The van der Waals surface area contributed by atoms with Crippen LogP contribution in [0.25, 0.3) is 20.9 Å². The van der Waals surface area contributed by atoms with Gasteiger partial charge in [-0.05, 0) is 77.6 Å². The minimum atomic E-state index is -3.94. The molecule has 2 atom stereocenters. The predicted molar refractivity (Wildman–Crippen MR) is 187 cm³/mol. The Bertz CT molecular complexity index is 1870. The summed E-state index contributed by atoms with van der Waals surface area (Å²) in [6.07, 6.45) is 1.06. The van der Waals surface area contributed by atoms with E-state index >= 15 is 0 Å². The first-order chi connectivity index (χ1) is 23.2. The van der Waals surface area contributed by atoms with E-state index in [0.29, 0.717) is 17.9 Å². The highest BCUT2D eigenvalue weighted by molar-refractivity contribution is 7.92. The number of carbonyl (C=O) groups is 2. The quantitative estimate of drug-likeness (QED) is 0.196. The van der Waals surface area contributed by atoms with E-state index in [1.165, 1.54) is 16.2 Å². The number of rotatable bonds is 8. The van der Waals surface area contributed by atoms with Crippen molar-refractivity contribution in [2.75, 3.05) is 32.1 Å². The SMILES string of the molecule is Cc1csc(-c2ccc(C3(CC(=O)NOC4CCCCO4)CCN(C(=O)OCC4c5ccccc5-c5ccccc54)CCS3(=O)=O)s2)c1. The van der Waals surface area contributed by atoms with E-state index in [2.05, 4.69) is 41.2 Å². The third-order valence-electron chi connectivity index (χ3n) is 9.52. The topological polar surface area (TPSA) is 111 Å². The third kappa shape index (κ3) is 6.44. The van der Waals surface area contributed by atoms with Gasteiger partial charge in [0.1, 0.15) is 11.4 Å². The summed E-state index contributed by atoms with van der Waals surface area (Å²) in [6.45, 7) is 2.78. The lowest BCUT2D eigenvalue weighted by molar-refractivity contribution is -0.200. The highest BCUT2D eigenvalue weighted by atomic mass is 32.2. The molecule has 4 aromatic rings. The van der Waals surface area contributed by atoms with E-state index < -0.39 is 32.9 Å². The Morgan fingerprint density at radius 2 is 1.75 bits per heavy atom. The number of hydrogen-bond donors (Lipinski definition) is 1. The fourth-order valence-corrected chi connectivity index (χ4v) is 11.5. The van der Waals surface area contributed by atoms with E-state index in [4.69, 9.17) is 14.3 Å². The van der Waals surface area contributed by atoms with Crippen molar-refractivity contribution in [2.45, 2.75) is 56.0 Å². The van der Waals surface area contributed by atoms with E-state index in [-0.39, 0.29) is 44.2 Å². The number of nitrogens with one attached hydrogen (secondary N) is 1. The van der Waals surface area contributed by atoms with Crippen molar-refractivity contribution >= 4 is 44.5 Å². The third-order valence-corrected chi connectivity index (χ3v) is 14.7. The molecule has 3 aliphatic rings. The molecular weight excluding hydrogens is 669 g/mol. The van der Waals surface area contributed by atoms with Gasteiger partial charge in [-0.1, -0.05) is 48.5 Å². The first kappa shape index (κ1) is 33.0. The van der Waals surface area contributed by atoms with Gasteiger partial charge in [-0.2, -0.15) is 0 Å². The summed E-state index contributed by atoms with van der Waals surface area (Å²) >= 11 is 2.97. The van der Waals surface area contributed by atoms with Crippen molar-refractivity contribution in [1.29, 1.82) is 0 Å². The van der Waals surface area contributed by atoms with Crippen LogP contribution >= 0.6 is 22.7 Å². The first-order valence-corrected chi connectivity index (χ1v) is 19.6. The number of thiophene rings is 2. The minimum absolute atomic E-state index is 0.0306. The fraction of sp³-hybridized carbons (Fsp3) is 0.389. The van der Waals surface area contributed by atoms with Crippen molar-refractivity contribution in [2.24, 2.45) is 0 Å². The molecule has 2 amide bonds. The lowest BCUT2D eigenvalue weighted by atomic mass is 9.97. The number of ether oxygens (including phenoxy) is 2. The molecule has 0 saturated carbocycles. The van der Waals surface area contributed by atoms with Crippen LogP contribution < -0.4 is 5.48 Å². The van der Waals surface area contributed by atoms with Crippen LogP contribution in [0.1, 0.15) is 59.6 Å². The maximum atomic E-state index is 14.3. The number of benzene rings is 2. The van der Waals surface area contributed by atoms with Crippen molar-refractivity contribution in [3.8, 4) is 20.9 Å². The van der Waals surface area contributed by atoms with Crippen LogP contribution in [-0.4, -0.2) is 63.7 Å². The number of hydroxylamine groups is 1. The number of nitrogens with zero attached hydrogens (tertiary/aromatic N) is 1. The van der Waals surface area contributed by atoms with Crippen LogP contribution in [0, 0.1) is 6.92 Å². The molecular formula is C36H38N2O7S3. The van der Waals surface area contributed by atoms with E-state index in [1.54, 1.807) is 11.3 Å². The molecule has 1 aliphatic carbocycles. The molecule has 2 aromatic carbocycles. The number of carbonyl (C=O) groups excluding carboxylic acids is 2. The van der Waals surface area contributed by atoms with E-state index in [0.717, 1.165) is 50.4 Å². The molecule has 2 fully saturated rings. The lowest BCUT2D eigenvalue weighted by Gasteiger charge is -2.31. The van der Waals surface area contributed by atoms with Crippen LogP contribution in [0.3, 0.4) is 0 Å². The Morgan fingerprint density at radius 3 is 2.44 bits per heavy atom. The maximum absolute atomic E-state index is 14.3. The molecule has 4 heterocycles. The summed E-state index contributed by atoms with van der Waals surface area (Å²) in [5, 5.41) is 2.05. The molecule has 0 bridgehead atoms. The largest absolute Gasteiger partial charge is 0.448 e. The molecule has 0 spiro atoms. The Balaban J connectivity index is 1.11. The fourth-order valence-electron chi connectivity index (χ4n) is 6.95. The molecule has 2 aliphatic heterocycles. The zero-order chi connectivity index (χ0) is 33.3. The summed E-state index contributed by atoms with van der Waals surface area (Å²) in [4.78, 5) is 36.5. The number of hydrogen-bond acceptors (Lipinski definition) is 9. The predicted octanol–water partition coefficient (Wildman–Crippen LogP) is 7.01. The van der Waals surface area contributed by atoms with Gasteiger partial charge in [-0.15, -0.1) is 22.7 Å². The van der Waals surface area contributed by atoms with Crippen molar-refractivity contribution in [3.63, 3.8) is 0 Å². The lowest BCUT2D eigenvalue weighted by Crippen LogP contribution is -2.43. The van der Waals surface area contributed by atoms with E-state index in [1.807, 2.05) is 43.3 Å². The van der Waals surface area contributed by atoms with Crippen LogP contribution in [0.4, 0.5) is 4.79 Å². The van der Waals surface area contributed by atoms with Gasteiger partial charge < -0.3 is 14.4 Å². The Morgan fingerprint density at radius 1 is 1.00 bits per heavy atom. The van der Waals surface area contributed by atoms with Crippen LogP contribution in [0.15, 0.2) is 72.1 Å². The second kappa shape index (κ2) is 13.8. The van der Waals surface area contributed by atoms with Gasteiger partial charge in [-0.25, -0.2) is 23.5 Å². The molecule has 2 saturated heterocycles. The molecule has 9 nitrogen and oxygen atoms in total. The molecule has 252 valence electrons. The molecule has 48 heavy (non-hydrogen) atoms. The van der Waals surface area contributed by atoms with Gasteiger partial charge >= 0.3 is 6.09 Å². The van der Waals surface area contributed by atoms with Crippen molar-refractivity contribution in [3.05, 3.63) is 93.7 Å². The second-order valence-electron chi connectivity index (χ2n) is 12.6. The van der Waals surface area contributed by atoms with Crippen molar-refractivity contribution < 1.29 is 32.3 Å². The van der Waals surface area contributed by atoms with Gasteiger partial charge in [0, 0.05) is 46.7 Å². The van der Waals surface area contributed by atoms with Gasteiger partial charge in [0.05, 0.1) is 12.2 Å². The highest BCUT2D eigenvalue weighted by Gasteiger charge is 2.50. The highest BCUT2D eigenvalue weighted by Crippen LogP contribution is 2.47. The van der Waals surface area contributed by atoms with Crippen LogP contribution in [0.2, 0.25) is 0 Å².